The molecule has 0 aliphatic rings. The van der Waals surface area contributed by atoms with Crippen molar-refractivity contribution in [2.75, 3.05) is 14.2 Å². The van der Waals surface area contributed by atoms with E-state index in [4.69, 9.17) is 4.74 Å². The smallest absolute Gasteiger partial charge is 0.258 e. The molecule has 0 saturated heterocycles. The summed E-state index contributed by atoms with van der Waals surface area (Å²) < 4.78 is 6.58. The van der Waals surface area contributed by atoms with E-state index in [-0.39, 0.29) is 18.0 Å². The van der Waals surface area contributed by atoms with Crippen molar-refractivity contribution in [2.24, 2.45) is 0 Å². The van der Waals surface area contributed by atoms with Crippen LogP contribution in [-0.2, 0) is 17.9 Å². The van der Waals surface area contributed by atoms with Crippen LogP contribution >= 0.6 is 0 Å². The number of ether oxygens (including phenoxy) is 1. The van der Waals surface area contributed by atoms with E-state index < -0.39 is 0 Å². The minimum Gasteiger partial charge on any atom is -0.497 e. The first-order chi connectivity index (χ1) is 12.1. The van der Waals surface area contributed by atoms with E-state index in [1.165, 1.54) is 4.57 Å². The maximum Gasteiger partial charge on any atom is 0.258 e. The van der Waals surface area contributed by atoms with Gasteiger partial charge in [-0.25, -0.2) is 0 Å². The summed E-state index contributed by atoms with van der Waals surface area (Å²) in [5.41, 5.74) is 0.854. The van der Waals surface area contributed by atoms with Gasteiger partial charge in [0.15, 0.2) is 0 Å². The minimum atomic E-state index is -0.149. The van der Waals surface area contributed by atoms with E-state index in [1.54, 1.807) is 31.3 Å². The van der Waals surface area contributed by atoms with Crippen molar-refractivity contribution < 1.29 is 9.53 Å². The molecule has 0 fully saturated rings. The first-order valence-corrected chi connectivity index (χ1v) is 8.03. The van der Waals surface area contributed by atoms with Crippen LogP contribution in [-0.4, -0.2) is 29.5 Å². The first kappa shape index (κ1) is 16.8. The molecule has 0 aliphatic carbocycles. The number of hydrogen-bond donors (Lipinski definition) is 0. The summed E-state index contributed by atoms with van der Waals surface area (Å²) in [5, 5.41) is 1.50. The van der Waals surface area contributed by atoms with E-state index in [0.29, 0.717) is 11.9 Å². The fourth-order valence-corrected chi connectivity index (χ4v) is 2.71. The number of hydrogen-bond acceptors (Lipinski definition) is 3. The van der Waals surface area contributed by atoms with Crippen molar-refractivity contribution in [1.82, 2.24) is 9.47 Å². The van der Waals surface area contributed by atoms with Crippen LogP contribution in [0.2, 0.25) is 0 Å². The lowest BCUT2D eigenvalue weighted by Gasteiger charge is -2.18. The molecule has 0 atom stereocenters. The number of rotatable bonds is 5. The molecule has 25 heavy (non-hydrogen) atoms. The molecule has 0 unspecified atom stereocenters. The Labute approximate surface area is 146 Å². The van der Waals surface area contributed by atoms with Crippen LogP contribution in [0.25, 0.3) is 10.8 Å². The minimum absolute atomic E-state index is 0.0241. The summed E-state index contributed by atoms with van der Waals surface area (Å²) in [6, 6.07) is 16.8. The Morgan fingerprint density at radius 1 is 1.08 bits per heavy atom. The largest absolute Gasteiger partial charge is 0.497 e. The molecule has 1 aromatic heterocycles. The summed E-state index contributed by atoms with van der Waals surface area (Å²) in [4.78, 5) is 26.6. The number of fused-ring (bicyclic) bond motifs is 1. The summed E-state index contributed by atoms with van der Waals surface area (Å²) in [6.07, 6.45) is 1.67. The molecule has 0 aliphatic heterocycles. The molecular formula is C20H20N2O3. The Balaban J connectivity index is 1.72. The van der Waals surface area contributed by atoms with Gasteiger partial charge in [0, 0.05) is 25.2 Å². The molecule has 5 heteroatoms. The second-order valence-electron chi connectivity index (χ2n) is 5.93. The molecule has 5 nitrogen and oxygen atoms in total. The highest BCUT2D eigenvalue weighted by atomic mass is 16.5. The Morgan fingerprint density at radius 3 is 2.52 bits per heavy atom. The monoisotopic (exact) mass is 336 g/mol. The van der Waals surface area contributed by atoms with Crippen molar-refractivity contribution in [3.8, 4) is 5.75 Å². The Bertz CT molecular complexity index is 945. The van der Waals surface area contributed by atoms with Crippen LogP contribution in [0.4, 0.5) is 0 Å². The number of benzene rings is 2. The average Bonchev–Trinajstić information content (AvgIpc) is 2.64. The highest BCUT2D eigenvalue weighted by molar-refractivity contribution is 5.82. The maximum absolute atomic E-state index is 12.5. The van der Waals surface area contributed by atoms with Crippen molar-refractivity contribution in [1.29, 1.82) is 0 Å². The van der Waals surface area contributed by atoms with E-state index in [0.717, 1.165) is 16.7 Å². The third kappa shape index (κ3) is 3.71. The molecule has 3 aromatic rings. The van der Waals surface area contributed by atoms with Gasteiger partial charge in [-0.1, -0.05) is 30.3 Å². The summed E-state index contributed by atoms with van der Waals surface area (Å²) >= 11 is 0. The Kier molecular flexibility index (Phi) is 4.84. The number of aromatic nitrogens is 1. The van der Waals surface area contributed by atoms with Gasteiger partial charge in [-0.2, -0.15) is 0 Å². The predicted molar refractivity (Wildman–Crippen MR) is 97.7 cm³/mol. The van der Waals surface area contributed by atoms with Gasteiger partial charge in [-0.15, -0.1) is 0 Å². The molecule has 0 radical (unpaired) electrons. The van der Waals surface area contributed by atoms with Crippen molar-refractivity contribution in [2.45, 2.75) is 13.1 Å². The van der Waals surface area contributed by atoms with Gasteiger partial charge >= 0.3 is 0 Å². The maximum atomic E-state index is 12.5. The molecular weight excluding hydrogens is 316 g/mol. The molecule has 0 spiro atoms. The fraction of sp³-hybridized carbons (Fsp3) is 0.200. The molecule has 0 N–H and O–H groups in total. The number of pyridine rings is 1. The highest BCUT2D eigenvalue weighted by Crippen LogP contribution is 2.13. The average molecular weight is 336 g/mol. The van der Waals surface area contributed by atoms with Crippen LogP contribution in [0.15, 0.2) is 65.6 Å². The normalized spacial score (nSPS) is 10.6. The van der Waals surface area contributed by atoms with Gasteiger partial charge < -0.3 is 14.2 Å². The number of likely N-dealkylation sites (N-methyl/N-ethyl adjacent to an activating group) is 1. The van der Waals surface area contributed by atoms with Crippen molar-refractivity contribution in [3.05, 3.63) is 76.7 Å². The third-order valence-corrected chi connectivity index (χ3v) is 4.20. The number of carbonyl (C=O) groups excluding carboxylic acids is 1. The van der Waals surface area contributed by atoms with Gasteiger partial charge in [0.05, 0.1) is 7.11 Å². The zero-order chi connectivity index (χ0) is 17.8. The van der Waals surface area contributed by atoms with Gasteiger partial charge in [0.25, 0.3) is 5.56 Å². The lowest BCUT2D eigenvalue weighted by Crippen LogP contribution is -2.33. The molecule has 0 bridgehead atoms. The first-order valence-electron chi connectivity index (χ1n) is 8.03. The van der Waals surface area contributed by atoms with E-state index in [2.05, 4.69) is 0 Å². The van der Waals surface area contributed by atoms with E-state index in [9.17, 15) is 9.59 Å². The van der Waals surface area contributed by atoms with Crippen LogP contribution in [0.3, 0.4) is 0 Å². The SMILES string of the molecule is COc1ccc(CN(C)C(=O)Cn2ccc3ccccc3c2=O)cc1. The van der Waals surface area contributed by atoms with Crippen molar-refractivity contribution >= 4 is 16.7 Å². The second kappa shape index (κ2) is 7.21. The van der Waals surface area contributed by atoms with E-state index in [1.807, 2.05) is 48.5 Å². The third-order valence-electron chi connectivity index (χ3n) is 4.20. The van der Waals surface area contributed by atoms with Crippen molar-refractivity contribution in [3.63, 3.8) is 0 Å². The van der Waals surface area contributed by atoms with Gasteiger partial charge in [0.1, 0.15) is 12.3 Å². The standard InChI is InChI=1S/C20H20N2O3/c1-21(13-15-7-9-17(25-2)10-8-15)19(23)14-22-12-11-16-5-3-4-6-18(16)20(22)24/h3-12H,13-14H2,1-2H3. The predicted octanol–water partition coefficient (Wildman–Crippen LogP) is 2.67. The van der Waals surface area contributed by atoms with Crippen LogP contribution < -0.4 is 10.3 Å². The molecule has 128 valence electrons. The Hall–Kier alpha value is -3.08. The zero-order valence-electron chi connectivity index (χ0n) is 14.3. The molecule has 1 heterocycles. The molecule has 0 saturated carbocycles. The number of methoxy groups -OCH3 is 1. The number of nitrogens with zero attached hydrogens (tertiary/aromatic N) is 2. The quantitative estimate of drug-likeness (QED) is 0.720. The van der Waals surface area contributed by atoms with Gasteiger partial charge in [-0.05, 0) is 35.2 Å². The highest BCUT2D eigenvalue weighted by Gasteiger charge is 2.12. The summed E-state index contributed by atoms with van der Waals surface area (Å²) in [7, 11) is 3.35. The number of amides is 1. The lowest BCUT2D eigenvalue weighted by atomic mass is 10.2. The van der Waals surface area contributed by atoms with Gasteiger partial charge in [-0.3, -0.25) is 9.59 Å². The van der Waals surface area contributed by atoms with Crippen LogP contribution in [0.1, 0.15) is 5.56 Å². The zero-order valence-corrected chi connectivity index (χ0v) is 14.3. The lowest BCUT2D eigenvalue weighted by molar-refractivity contribution is -0.131. The summed E-state index contributed by atoms with van der Waals surface area (Å²) in [6.45, 7) is 0.501. The summed E-state index contributed by atoms with van der Waals surface area (Å²) in [5.74, 6) is 0.661. The second-order valence-corrected chi connectivity index (χ2v) is 5.93. The topological polar surface area (TPSA) is 51.5 Å². The van der Waals surface area contributed by atoms with Crippen LogP contribution in [0.5, 0.6) is 5.75 Å². The molecule has 1 amide bonds. The number of carbonyl (C=O) groups is 1. The van der Waals surface area contributed by atoms with E-state index >= 15 is 0 Å². The molecule has 3 rings (SSSR count). The van der Waals surface area contributed by atoms with Crippen LogP contribution in [0, 0.1) is 0 Å². The fourth-order valence-electron chi connectivity index (χ4n) is 2.71. The molecule has 2 aromatic carbocycles. The Morgan fingerprint density at radius 2 is 1.80 bits per heavy atom. The van der Waals surface area contributed by atoms with Gasteiger partial charge in [0.2, 0.25) is 5.91 Å².